The zero-order chi connectivity index (χ0) is 27.3. The van der Waals surface area contributed by atoms with Crippen LogP contribution in [0.3, 0.4) is 0 Å². The molecule has 3 rings (SSSR count). The highest BCUT2D eigenvalue weighted by Gasteiger charge is 2.14. The highest BCUT2D eigenvalue weighted by molar-refractivity contribution is 6.09. The van der Waals surface area contributed by atoms with Crippen LogP contribution in [0.2, 0.25) is 0 Å². The fourth-order valence-corrected chi connectivity index (χ4v) is 4.24. The first-order valence-corrected chi connectivity index (χ1v) is 13.6. The SMILES string of the molecule is C=C1C=CC(c2ccc(CNC(=O)CCN(CC)CCC)cc2)=NN1Cc1cccc(NC(=O)CCC)c1. The molecule has 0 spiro atoms. The number of amides is 2. The molecular formula is C31H41N5O2. The van der Waals surface area contributed by atoms with E-state index in [2.05, 4.69) is 36.0 Å². The minimum atomic E-state index is 0.0217. The Bertz CT molecular complexity index is 1150. The molecule has 0 unspecified atom stereocenters. The van der Waals surface area contributed by atoms with Crippen LogP contribution in [0.5, 0.6) is 0 Å². The molecule has 0 aliphatic carbocycles. The summed E-state index contributed by atoms with van der Waals surface area (Å²) < 4.78 is 0. The number of allylic oxidation sites excluding steroid dienone is 2. The molecule has 2 aromatic carbocycles. The normalized spacial score (nSPS) is 13.0. The number of hydrogen-bond donors (Lipinski definition) is 2. The molecule has 0 atom stereocenters. The third-order valence-electron chi connectivity index (χ3n) is 6.40. The average molecular weight is 516 g/mol. The van der Waals surface area contributed by atoms with Crippen LogP contribution in [0.25, 0.3) is 0 Å². The molecule has 0 saturated carbocycles. The zero-order valence-corrected chi connectivity index (χ0v) is 23.0. The van der Waals surface area contributed by atoms with Gasteiger partial charge in [0.05, 0.1) is 18.0 Å². The van der Waals surface area contributed by atoms with Crippen molar-refractivity contribution < 1.29 is 9.59 Å². The predicted octanol–water partition coefficient (Wildman–Crippen LogP) is 5.45. The lowest BCUT2D eigenvalue weighted by atomic mass is 10.1. The van der Waals surface area contributed by atoms with Crippen molar-refractivity contribution in [1.82, 2.24) is 15.2 Å². The van der Waals surface area contributed by atoms with E-state index < -0.39 is 0 Å². The van der Waals surface area contributed by atoms with Crippen molar-refractivity contribution in [2.75, 3.05) is 25.0 Å². The fourth-order valence-electron chi connectivity index (χ4n) is 4.24. The van der Waals surface area contributed by atoms with Crippen LogP contribution in [0.4, 0.5) is 5.69 Å². The van der Waals surface area contributed by atoms with E-state index in [1.807, 2.05) is 72.6 Å². The molecule has 0 radical (unpaired) electrons. The lowest BCUT2D eigenvalue weighted by molar-refractivity contribution is -0.121. The Morgan fingerprint density at radius 2 is 1.71 bits per heavy atom. The van der Waals surface area contributed by atoms with Gasteiger partial charge in [0.1, 0.15) is 0 Å². The van der Waals surface area contributed by atoms with Crippen molar-refractivity contribution in [1.29, 1.82) is 0 Å². The van der Waals surface area contributed by atoms with Crippen LogP contribution < -0.4 is 10.6 Å². The Kier molecular flexibility index (Phi) is 11.3. The van der Waals surface area contributed by atoms with Gasteiger partial charge in [-0.15, -0.1) is 0 Å². The molecule has 2 aromatic rings. The number of hydrogen-bond acceptors (Lipinski definition) is 5. The third-order valence-corrected chi connectivity index (χ3v) is 6.40. The van der Waals surface area contributed by atoms with E-state index in [0.717, 1.165) is 66.3 Å². The first-order chi connectivity index (χ1) is 18.4. The molecule has 7 heteroatoms. The second-order valence-corrected chi connectivity index (χ2v) is 9.52. The van der Waals surface area contributed by atoms with Crippen molar-refractivity contribution in [3.8, 4) is 0 Å². The van der Waals surface area contributed by atoms with Crippen LogP contribution in [-0.4, -0.2) is 47.1 Å². The molecule has 2 N–H and O–H groups in total. The molecule has 0 saturated heterocycles. The highest BCUT2D eigenvalue weighted by atomic mass is 16.2. The summed E-state index contributed by atoms with van der Waals surface area (Å²) in [5.41, 5.74) is 5.50. The lowest BCUT2D eigenvalue weighted by Crippen LogP contribution is -2.31. The van der Waals surface area contributed by atoms with Crippen LogP contribution in [0.1, 0.15) is 63.1 Å². The zero-order valence-electron chi connectivity index (χ0n) is 23.0. The van der Waals surface area contributed by atoms with E-state index in [1.165, 1.54) is 0 Å². The Balaban J connectivity index is 1.57. The standard InChI is InChI=1S/C31H41N5O2/c1-5-9-31(38)33-28-11-8-10-26(21-28)23-36-24(4)12-17-29(34-36)27-15-13-25(14-16-27)22-32-30(37)18-20-35(7-3)19-6-2/h8,10-17,21H,4-7,9,18-20,22-23H2,1-3H3,(H,32,37)(H,33,38). The smallest absolute Gasteiger partial charge is 0.224 e. The molecule has 1 heterocycles. The quantitative estimate of drug-likeness (QED) is 0.351. The molecule has 0 bridgehead atoms. The van der Waals surface area contributed by atoms with E-state index in [0.29, 0.717) is 25.9 Å². The molecule has 38 heavy (non-hydrogen) atoms. The summed E-state index contributed by atoms with van der Waals surface area (Å²) in [6, 6.07) is 15.9. The number of carbonyl (C=O) groups excluding carboxylic acids is 2. The number of anilines is 1. The second kappa shape index (κ2) is 14.9. The molecule has 202 valence electrons. The first-order valence-electron chi connectivity index (χ1n) is 13.6. The topological polar surface area (TPSA) is 77.0 Å². The largest absolute Gasteiger partial charge is 0.352 e. The molecule has 1 aliphatic heterocycles. The van der Waals surface area contributed by atoms with E-state index in [9.17, 15) is 9.59 Å². The van der Waals surface area contributed by atoms with E-state index in [4.69, 9.17) is 5.10 Å². The molecular weight excluding hydrogens is 474 g/mol. The van der Waals surface area contributed by atoms with Gasteiger partial charge in [0, 0.05) is 37.2 Å². The maximum Gasteiger partial charge on any atom is 0.224 e. The van der Waals surface area contributed by atoms with E-state index in [1.54, 1.807) is 0 Å². The van der Waals surface area contributed by atoms with E-state index >= 15 is 0 Å². The van der Waals surface area contributed by atoms with Crippen molar-refractivity contribution in [2.24, 2.45) is 5.10 Å². The van der Waals surface area contributed by atoms with Gasteiger partial charge in [0.2, 0.25) is 11.8 Å². The van der Waals surface area contributed by atoms with Gasteiger partial charge in [-0.1, -0.05) is 63.7 Å². The summed E-state index contributed by atoms with van der Waals surface area (Å²) in [4.78, 5) is 26.5. The summed E-state index contributed by atoms with van der Waals surface area (Å²) in [5.74, 6) is 0.0970. The number of nitrogens with one attached hydrogen (secondary N) is 2. The third kappa shape index (κ3) is 8.99. The van der Waals surface area contributed by atoms with E-state index in [-0.39, 0.29) is 11.8 Å². The summed E-state index contributed by atoms with van der Waals surface area (Å²) >= 11 is 0. The number of hydrazone groups is 1. The van der Waals surface area contributed by atoms with Crippen LogP contribution in [-0.2, 0) is 22.7 Å². The predicted molar refractivity (Wildman–Crippen MR) is 156 cm³/mol. The first kappa shape index (κ1) is 28.9. The summed E-state index contributed by atoms with van der Waals surface area (Å²) in [6.07, 6.45) is 6.86. The van der Waals surface area contributed by atoms with Gasteiger partial charge < -0.3 is 15.5 Å². The summed E-state index contributed by atoms with van der Waals surface area (Å²) in [5, 5.41) is 12.7. The number of benzene rings is 2. The maximum absolute atomic E-state index is 12.3. The minimum Gasteiger partial charge on any atom is -0.352 e. The Hall–Kier alpha value is -3.71. The molecule has 1 aliphatic rings. The molecule has 0 fully saturated rings. The van der Waals surface area contributed by atoms with Crippen molar-refractivity contribution >= 4 is 23.2 Å². The summed E-state index contributed by atoms with van der Waals surface area (Å²) in [6.45, 7) is 14.2. The van der Waals surface area contributed by atoms with Gasteiger partial charge in [0.25, 0.3) is 0 Å². The molecule has 7 nitrogen and oxygen atoms in total. The molecule has 2 amide bonds. The minimum absolute atomic E-state index is 0.0217. The Morgan fingerprint density at radius 1 is 0.921 bits per heavy atom. The summed E-state index contributed by atoms with van der Waals surface area (Å²) in [7, 11) is 0. The highest BCUT2D eigenvalue weighted by Crippen LogP contribution is 2.20. The Labute approximate surface area is 227 Å². The molecule has 0 aromatic heterocycles. The van der Waals surface area contributed by atoms with Gasteiger partial charge in [0.15, 0.2) is 0 Å². The van der Waals surface area contributed by atoms with Crippen LogP contribution in [0, 0.1) is 0 Å². The Morgan fingerprint density at radius 3 is 2.42 bits per heavy atom. The van der Waals surface area contributed by atoms with Gasteiger partial charge in [-0.25, -0.2) is 0 Å². The van der Waals surface area contributed by atoms with Crippen molar-refractivity contribution in [3.05, 3.63) is 89.6 Å². The van der Waals surface area contributed by atoms with Crippen molar-refractivity contribution in [2.45, 2.75) is 59.5 Å². The average Bonchev–Trinajstić information content (AvgIpc) is 2.91. The van der Waals surface area contributed by atoms with Crippen LogP contribution in [0.15, 0.2) is 78.1 Å². The number of rotatable bonds is 14. The number of carbonyl (C=O) groups is 2. The van der Waals surface area contributed by atoms with Gasteiger partial charge in [-0.2, -0.15) is 5.10 Å². The lowest BCUT2D eigenvalue weighted by Gasteiger charge is -2.24. The maximum atomic E-state index is 12.3. The fraction of sp³-hybridized carbons (Fsp3) is 0.387. The van der Waals surface area contributed by atoms with Gasteiger partial charge in [-0.05, 0) is 61.3 Å². The van der Waals surface area contributed by atoms with Gasteiger partial charge >= 0.3 is 0 Å². The van der Waals surface area contributed by atoms with Crippen LogP contribution >= 0.6 is 0 Å². The van der Waals surface area contributed by atoms with Gasteiger partial charge in [-0.3, -0.25) is 14.6 Å². The van der Waals surface area contributed by atoms with Crippen molar-refractivity contribution in [3.63, 3.8) is 0 Å². The monoisotopic (exact) mass is 515 g/mol. The number of nitrogens with zero attached hydrogens (tertiary/aromatic N) is 3. The second-order valence-electron chi connectivity index (χ2n) is 9.52.